The van der Waals surface area contributed by atoms with Crippen LogP contribution in [0.4, 0.5) is 0 Å². The molecule has 9 rings (SSSR count). The van der Waals surface area contributed by atoms with Crippen LogP contribution in [0.15, 0.2) is 105 Å². The molecule has 4 aliphatic carbocycles. The largest absolute Gasteiger partial charge is 0.357 e. The summed E-state index contributed by atoms with van der Waals surface area (Å²) in [5.74, 6) is 6.02. The maximum Gasteiger partial charge on any atom is 0.150 e. The van der Waals surface area contributed by atoms with Crippen LogP contribution < -0.4 is 21.3 Å². The zero-order chi connectivity index (χ0) is 26.2. The van der Waals surface area contributed by atoms with Crippen molar-refractivity contribution in [2.75, 3.05) is 0 Å². The van der Waals surface area contributed by atoms with Gasteiger partial charge in [-0.3, -0.25) is 10.3 Å². The Labute approximate surface area is 234 Å². The number of rotatable bonds is 0. The summed E-state index contributed by atoms with van der Waals surface area (Å²) in [5.41, 5.74) is 0. The van der Waals surface area contributed by atoms with E-state index in [0.29, 0.717) is 5.92 Å². The van der Waals surface area contributed by atoms with E-state index in [0.717, 1.165) is 36.2 Å². The minimum absolute atomic E-state index is 0.0354. The molecule has 8 bridgehead atoms. The van der Waals surface area contributed by atoms with Crippen molar-refractivity contribution in [3.8, 4) is 0 Å². The normalized spacial score (nSPS) is 46.2. The van der Waals surface area contributed by atoms with E-state index in [2.05, 4.69) is 106 Å². The molecule has 0 radical (unpaired) electrons. The van der Waals surface area contributed by atoms with Crippen LogP contribution in [0.3, 0.4) is 0 Å². The smallest absolute Gasteiger partial charge is 0.150 e. The molecule has 3 saturated heterocycles. The number of hydrogen-bond donors (Lipinski definition) is 4. The SMILES string of the molecule is C1=CC2C3=NC(N=C4NC(=NC5NC(=NC6NC(N3)C3C=CC=CC63)C3C=CC=CC53)C3CCC=CC43)C2C=C1. The molecule has 40 heavy (non-hydrogen) atoms. The Morgan fingerprint density at radius 2 is 1.23 bits per heavy atom. The van der Waals surface area contributed by atoms with Gasteiger partial charge >= 0.3 is 0 Å². The van der Waals surface area contributed by atoms with Crippen molar-refractivity contribution < 1.29 is 0 Å². The third-order valence-corrected chi connectivity index (χ3v) is 10.1. The van der Waals surface area contributed by atoms with Gasteiger partial charge in [-0.2, -0.15) is 0 Å². The van der Waals surface area contributed by atoms with Gasteiger partial charge in [0.2, 0.25) is 0 Å². The second-order valence-corrected chi connectivity index (χ2v) is 12.2. The molecule has 4 N–H and O–H groups in total. The molecule has 12 unspecified atom stereocenters. The number of allylic oxidation sites excluding steroid dienone is 7. The lowest BCUT2D eigenvalue weighted by molar-refractivity contribution is 0.450. The Morgan fingerprint density at radius 1 is 0.550 bits per heavy atom. The van der Waals surface area contributed by atoms with Crippen LogP contribution in [0, 0.1) is 47.3 Å². The Hall–Kier alpha value is -3.78. The summed E-state index contributed by atoms with van der Waals surface area (Å²) in [6.45, 7) is 0. The van der Waals surface area contributed by atoms with Crippen molar-refractivity contribution in [1.29, 1.82) is 0 Å². The Morgan fingerprint density at radius 3 is 2.10 bits per heavy atom. The Balaban J connectivity index is 1.18. The molecule has 5 aliphatic heterocycles. The van der Waals surface area contributed by atoms with Crippen LogP contribution in [0.2, 0.25) is 0 Å². The summed E-state index contributed by atoms with van der Waals surface area (Å²) >= 11 is 0. The van der Waals surface area contributed by atoms with Crippen molar-refractivity contribution in [1.82, 2.24) is 21.3 Å². The van der Waals surface area contributed by atoms with Crippen molar-refractivity contribution in [3.05, 3.63) is 85.1 Å². The van der Waals surface area contributed by atoms with Crippen LogP contribution in [0.25, 0.3) is 0 Å². The summed E-state index contributed by atoms with van der Waals surface area (Å²) in [6.07, 6.45) is 33.2. The predicted octanol–water partition coefficient (Wildman–Crippen LogP) is 2.97. The number of amidine groups is 4. The quantitative estimate of drug-likeness (QED) is 0.362. The minimum Gasteiger partial charge on any atom is -0.357 e. The first-order valence-electron chi connectivity index (χ1n) is 14.9. The van der Waals surface area contributed by atoms with E-state index < -0.39 is 0 Å². The first kappa shape index (κ1) is 23.0. The minimum atomic E-state index is -0.167. The molecule has 0 aromatic heterocycles. The maximum absolute atomic E-state index is 5.37. The van der Waals surface area contributed by atoms with Gasteiger partial charge in [0, 0.05) is 47.3 Å². The second-order valence-electron chi connectivity index (χ2n) is 12.2. The van der Waals surface area contributed by atoms with E-state index in [1.807, 2.05) is 0 Å². The van der Waals surface area contributed by atoms with E-state index in [4.69, 9.17) is 20.0 Å². The molecule has 202 valence electrons. The molecule has 0 amide bonds. The van der Waals surface area contributed by atoms with Crippen LogP contribution in [0.1, 0.15) is 12.8 Å². The number of aliphatic imine (C=N–C) groups is 4. The van der Waals surface area contributed by atoms with Gasteiger partial charge in [0.15, 0.2) is 6.17 Å². The molecule has 0 saturated carbocycles. The van der Waals surface area contributed by atoms with Crippen LogP contribution in [-0.4, -0.2) is 48.0 Å². The first-order chi connectivity index (χ1) is 19.8. The highest BCUT2D eigenvalue weighted by Crippen LogP contribution is 2.39. The molecule has 12 atom stereocenters. The van der Waals surface area contributed by atoms with Gasteiger partial charge in [-0.25, -0.2) is 15.0 Å². The summed E-state index contributed by atoms with van der Waals surface area (Å²) in [6, 6.07) is 0. The molecule has 8 heteroatoms. The van der Waals surface area contributed by atoms with E-state index in [1.54, 1.807) is 0 Å². The average molecular weight is 531 g/mol. The number of nitrogens with one attached hydrogen (secondary N) is 4. The van der Waals surface area contributed by atoms with E-state index in [1.165, 1.54) is 0 Å². The molecule has 3 fully saturated rings. The molecular weight excluding hydrogens is 496 g/mol. The van der Waals surface area contributed by atoms with E-state index in [-0.39, 0.29) is 66.1 Å². The number of nitrogens with zero attached hydrogens (tertiary/aromatic N) is 4. The third-order valence-electron chi connectivity index (χ3n) is 10.1. The number of fused-ring (bicyclic) bond motifs is 19. The monoisotopic (exact) mass is 530 g/mol. The van der Waals surface area contributed by atoms with Gasteiger partial charge in [0.25, 0.3) is 0 Å². The van der Waals surface area contributed by atoms with Crippen molar-refractivity contribution in [2.24, 2.45) is 67.3 Å². The van der Waals surface area contributed by atoms with Gasteiger partial charge in [0.05, 0.1) is 6.17 Å². The van der Waals surface area contributed by atoms with Gasteiger partial charge in [-0.05, 0) is 12.8 Å². The fourth-order valence-electron chi connectivity index (χ4n) is 8.06. The lowest BCUT2D eigenvalue weighted by Gasteiger charge is -2.25. The van der Waals surface area contributed by atoms with Gasteiger partial charge < -0.3 is 16.0 Å². The summed E-state index contributed by atoms with van der Waals surface area (Å²) in [7, 11) is 0. The standard InChI is InChI=1S/C32H34N8/c1-2-10-18-17(9-1)25-33-26(18)38-28-21-13-5-6-14-22(21)30(35-28)40-32-24-16-8-7-15-23(24)31(36-32)39-29-20-12-4-3-11-19(20)27(34-29)37-25/h1-7,9-15,17-26,29-30,33H,8,16H2,(H,34,37)(H,35,38)(H,36,39,40). The molecule has 0 aromatic carbocycles. The molecule has 0 aromatic rings. The summed E-state index contributed by atoms with van der Waals surface area (Å²) in [5, 5.41) is 15.2. The van der Waals surface area contributed by atoms with Crippen molar-refractivity contribution >= 4 is 23.3 Å². The van der Waals surface area contributed by atoms with Crippen molar-refractivity contribution in [2.45, 2.75) is 37.5 Å². The highest BCUT2D eigenvalue weighted by atomic mass is 15.3. The van der Waals surface area contributed by atoms with Gasteiger partial charge in [-0.15, -0.1) is 0 Å². The van der Waals surface area contributed by atoms with Gasteiger partial charge in [-0.1, -0.05) is 85.1 Å². The Kier molecular flexibility index (Phi) is 5.09. The van der Waals surface area contributed by atoms with Crippen LogP contribution in [0.5, 0.6) is 0 Å². The fourth-order valence-corrected chi connectivity index (χ4v) is 8.06. The average Bonchev–Trinajstić information content (AvgIpc) is 3.73. The van der Waals surface area contributed by atoms with Crippen LogP contribution >= 0.6 is 0 Å². The molecular formula is C32H34N8. The summed E-state index contributed by atoms with van der Waals surface area (Å²) < 4.78 is 0. The lowest BCUT2D eigenvalue weighted by atomic mass is 9.84. The fraction of sp³-hybridized carbons (Fsp3) is 0.438. The maximum atomic E-state index is 5.37. The zero-order valence-corrected chi connectivity index (χ0v) is 22.2. The van der Waals surface area contributed by atoms with Crippen molar-refractivity contribution in [3.63, 3.8) is 0 Å². The Bertz CT molecular complexity index is 1450. The summed E-state index contributed by atoms with van der Waals surface area (Å²) in [4.78, 5) is 21.3. The van der Waals surface area contributed by atoms with E-state index in [9.17, 15) is 0 Å². The van der Waals surface area contributed by atoms with Crippen LogP contribution in [-0.2, 0) is 0 Å². The first-order valence-corrected chi connectivity index (χ1v) is 14.9. The molecule has 9 aliphatic rings. The highest BCUT2D eigenvalue weighted by Gasteiger charge is 2.48. The lowest BCUT2D eigenvalue weighted by Crippen LogP contribution is -2.48. The topological polar surface area (TPSA) is 97.6 Å². The predicted molar refractivity (Wildman–Crippen MR) is 159 cm³/mol. The second kappa shape index (κ2) is 8.86. The molecule has 8 nitrogen and oxygen atoms in total. The van der Waals surface area contributed by atoms with E-state index >= 15 is 0 Å². The highest BCUT2D eigenvalue weighted by molar-refractivity contribution is 6.11. The number of hydrogen-bond acceptors (Lipinski definition) is 8. The van der Waals surface area contributed by atoms with Gasteiger partial charge in [0.1, 0.15) is 35.7 Å². The molecule has 0 spiro atoms. The molecule has 5 heterocycles. The third kappa shape index (κ3) is 3.48. The zero-order valence-electron chi connectivity index (χ0n) is 22.2.